The van der Waals surface area contributed by atoms with Crippen LogP contribution < -0.4 is 0 Å². The van der Waals surface area contributed by atoms with Gasteiger partial charge >= 0.3 is 0 Å². The van der Waals surface area contributed by atoms with Crippen molar-refractivity contribution in [3.8, 4) is 0 Å². The van der Waals surface area contributed by atoms with Crippen molar-refractivity contribution in [2.24, 2.45) is 0 Å². The average molecular weight is 357 g/mol. The minimum atomic E-state index is -0.111. The smallest absolute Gasteiger partial charge is 0.158 e. The van der Waals surface area contributed by atoms with E-state index < -0.39 is 0 Å². The van der Waals surface area contributed by atoms with Gasteiger partial charge in [0.2, 0.25) is 0 Å². The maximum Gasteiger partial charge on any atom is 0.158 e. The van der Waals surface area contributed by atoms with Gasteiger partial charge in [-0.3, -0.25) is 0 Å². The molecule has 106 valence electrons. The number of halogens is 2. The molecule has 0 saturated carbocycles. The first kappa shape index (κ1) is 14.3. The molecule has 1 aromatic heterocycles. The zero-order valence-corrected chi connectivity index (χ0v) is 13.3. The van der Waals surface area contributed by atoms with E-state index in [1.807, 2.05) is 24.3 Å². The molecule has 1 saturated heterocycles. The highest BCUT2D eigenvalue weighted by Gasteiger charge is 2.15. The molecule has 2 heterocycles. The highest BCUT2D eigenvalue weighted by Crippen LogP contribution is 2.25. The monoisotopic (exact) mass is 355 g/mol. The number of ether oxygens (including phenoxy) is 2. The molecule has 0 radical (unpaired) electrons. The van der Waals surface area contributed by atoms with E-state index in [0.717, 1.165) is 46.8 Å². The predicted molar refractivity (Wildman–Crippen MR) is 82.8 cm³/mol. The number of fused-ring (bicyclic) bond motifs is 1. The fourth-order valence-electron chi connectivity index (χ4n) is 2.29. The Morgan fingerprint density at radius 1 is 1.35 bits per heavy atom. The van der Waals surface area contributed by atoms with Crippen molar-refractivity contribution in [1.82, 2.24) is 4.98 Å². The van der Waals surface area contributed by atoms with Crippen molar-refractivity contribution in [3.05, 3.63) is 39.5 Å². The highest BCUT2D eigenvalue weighted by molar-refractivity contribution is 9.10. The molecular formula is C15H15BrClNO2. The van der Waals surface area contributed by atoms with Crippen LogP contribution in [-0.2, 0) is 16.1 Å². The largest absolute Gasteiger partial charge is 0.353 e. The van der Waals surface area contributed by atoms with Crippen LogP contribution in [-0.4, -0.2) is 17.9 Å². The minimum Gasteiger partial charge on any atom is -0.353 e. The summed E-state index contributed by atoms with van der Waals surface area (Å²) in [5.74, 6) is 0. The van der Waals surface area contributed by atoms with Crippen molar-refractivity contribution in [2.45, 2.75) is 32.2 Å². The van der Waals surface area contributed by atoms with Crippen LogP contribution in [0.25, 0.3) is 10.9 Å². The summed E-state index contributed by atoms with van der Waals surface area (Å²) in [6, 6.07) is 7.99. The van der Waals surface area contributed by atoms with Crippen LogP contribution in [0.15, 0.2) is 28.7 Å². The van der Waals surface area contributed by atoms with Crippen LogP contribution in [0.3, 0.4) is 0 Å². The summed E-state index contributed by atoms with van der Waals surface area (Å²) < 4.78 is 12.3. The van der Waals surface area contributed by atoms with Crippen LogP contribution >= 0.6 is 27.5 Å². The SMILES string of the molecule is Clc1nc2cc(Br)ccc2cc1COC1CCCCO1. The van der Waals surface area contributed by atoms with Gasteiger partial charge in [-0.25, -0.2) is 4.98 Å². The fraction of sp³-hybridized carbons (Fsp3) is 0.400. The minimum absolute atomic E-state index is 0.111. The molecule has 3 nitrogen and oxygen atoms in total. The van der Waals surface area contributed by atoms with Gasteiger partial charge in [0, 0.05) is 22.0 Å². The lowest BCUT2D eigenvalue weighted by molar-refractivity contribution is -0.168. The van der Waals surface area contributed by atoms with Gasteiger partial charge in [-0.05, 0) is 37.5 Å². The molecule has 1 fully saturated rings. The quantitative estimate of drug-likeness (QED) is 0.747. The van der Waals surface area contributed by atoms with E-state index in [0.29, 0.717) is 11.8 Å². The molecule has 1 aliphatic rings. The number of rotatable bonds is 3. The number of hydrogen-bond donors (Lipinski definition) is 0. The summed E-state index contributed by atoms with van der Waals surface area (Å²) in [6.07, 6.45) is 3.11. The maximum absolute atomic E-state index is 6.23. The van der Waals surface area contributed by atoms with Crippen molar-refractivity contribution >= 4 is 38.4 Å². The second kappa shape index (κ2) is 6.39. The van der Waals surface area contributed by atoms with Gasteiger partial charge in [0.15, 0.2) is 6.29 Å². The zero-order valence-electron chi connectivity index (χ0n) is 10.9. The summed E-state index contributed by atoms with van der Waals surface area (Å²) in [7, 11) is 0. The van der Waals surface area contributed by atoms with E-state index in [1.165, 1.54) is 0 Å². The first-order valence-corrected chi connectivity index (χ1v) is 7.87. The first-order chi connectivity index (χ1) is 9.72. The Morgan fingerprint density at radius 3 is 3.05 bits per heavy atom. The molecule has 0 aliphatic carbocycles. The van der Waals surface area contributed by atoms with Crippen LogP contribution in [0.1, 0.15) is 24.8 Å². The Morgan fingerprint density at radius 2 is 2.25 bits per heavy atom. The first-order valence-electron chi connectivity index (χ1n) is 6.70. The van der Waals surface area contributed by atoms with Gasteiger partial charge in [0.1, 0.15) is 5.15 Å². The lowest BCUT2D eigenvalue weighted by Gasteiger charge is -2.22. The van der Waals surface area contributed by atoms with Crippen molar-refractivity contribution in [3.63, 3.8) is 0 Å². The van der Waals surface area contributed by atoms with Crippen molar-refractivity contribution in [1.29, 1.82) is 0 Å². The normalized spacial score (nSPS) is 19.4. The molecule has 1 unspecified atom stereocenters. The van der Waals surface area contributed by atoms with E-state index >= 15 is 0 Å². The number of benzene rings is 1. The Bertz CT molecular complexity index is 614. The molecule has 20 heavy (non-hydrogen) atoms. The third-order valence-corrected chi connectivity index (χ3v) is 4.19. The van der Waals surface area contributed by atoms with E-state index in [4.69, 9.17) is 21.1 Å². The number of hydrogen-bond acceptors (Lipinski definition) is 3. The third-order valence-electron chi connectivity index (χ3n) is 3.37. The zero-order chi connectivity index (χ0) is 13.9. The van der Waals surface area contributed by atoms with Gasteiger partial charge in [-0.15, -0.1) is 0 Å². The van der Waals surface area contributed by atoms with Crippen LogP contribution in [0.5, 0.6) is 0 Å². The molecule has 0 bridgehead atoms. The van der Waals surface area contributed by atoms with Crippen molar-refractivity contribution < 1.29 is 9.47 Å². The highest BCUT2D eigenvalue weighted by atomic mass is 79.9. The molecule has 2 aromatic rings. The van der Waals surface area contributed by atoms with E-state index in [-0.39, 0.29) is 6.29 Å². The topological polar surface area (TPSA) is 31.4 Å². The second-order valence-corrected chi connectivity index (χ2v) is 6.16. The van der Waals surface area contributed by atoms with E-state index in [1.54, 1.807) is 0 Å². The Kier molecular flexibility index (Phi) is 4.56. The Balaban J connectivity index is 1.77. The van der Waals surface area contributed by atoms with Gasteiger partial charge < -0.3 is 9.47 Å². The Labute approximate surface area is 131 Å². The van der Waals surface area contributed by atoms with Crippen LogP contribution in [0.4, 0.5) is 0 Å². The maximum atomic E-state index is 6.23. The number of pyridine rings is 1. The molecule has 1 aromatic carbocycles. The summed E-state index contributed by atoms with van der Waals surface area (Å²) in [6.45, 7) is 1.21. The average Bonchev–Trinajstić information content (AvgIpc) is 2.46. The predicted octanol–water partition coefficient (Wildman–Crippen LogP) is 4.69. The summed E-state index contributed by atoms with van der Waals surface area (Å²) in [5.41, 5.74) is 1.78. The van der Waals surface area contributed by atoms with E-state index in [9.17, 15) is 0 Å². The standard InChI is InChI=1S/C15H15BrClNO2/c16-12-5-4-10-7-11(15(17)18-13(10)8-12)9-20-14-3-1-2-6-19-14/h4-5,7-8,14H,1-3,6,9H2. The number of aromatic nitrogens is 1. The molecule has 1 aliphatic heterocycles. The van der Waals surface area contributed by atoms with Crippen LogP contribution in [0, 0.1) is 0 Å². The number of nitrogens with zero attached hydrogens (tertiary/aromatic N) is 1. The summed E-state index contributed by atoms with van der Waals surface area (Å²) >= 11 is 9.66. The van der Waals surface area contributed by atoms with Crippen LogP contribution in [0.2, 0.25) is 5.15 Å². The molecule has 3 rings (SSSR count). The van der Waals surface area contributed by atoms with Gasteiger partial charge in [0.05, 0.1) is 12.1 Å². The van der Waals surface area contributed by atoms with Gasteiger partial charge in [0.25, 0.3) is 0 Å². The molecule has 1 atom stereocenters. The van der Waals surface area contributed by atoms with Gasteiger partial charge in [-0.1, -0.05) is 33.6 Å². The summed E-state index contributed by atoms with van der Waals surface area (Å²) in [5, 5.41) is 1.55. The molecule has 0 spiro atoms. The lowest BCUT2D eigenvalue weighted by Crippen LogP contribution is -2.22. The van der Waals surface area contributed by atoms with E-state index in [2.05, 4.69) is 20.9 Å². The molecule has 0 amide bonds. The fourth-order valence-corrected chi connectivity index (χ4v) is 2.84. The third kappa shape index (κ3) is 3.31. The lowest BCUT2D eigenvalue weighted by atomic mass is 10.1. The second-order valence-electron chi connectivity index (χ2n) is 4.88. The molecular weight excluding hydrogens is 342 g/mol. The molecule has 0 N–H and O–H groups in total. The van der Waals surface area contributed by atoms with Crippen molar-refractivity contribution in [2.75, 3.05) is 6.61 Å². The Hall–Kier alpha value is -0.680. The molecule has 5 heteroatoms. The van der Waals surface area contributed by atoms with Gasteiger partial charge in [-0.2, -0.15) is 0 Å². The summed E-state index contributed by atoms with van der Waals surface area (Å²) in [4.78, 5) is 4.41.